The van der Waals surface area contributed by atoms with E-state index in [0.717, 1.165) is 10.0 Å². The number of hydrogen-bond donors (Lipinski definition) is 0. The van der Waals surface area contributed by atoms with Gasteiger partial charge in [-0.3, -0.25) is 4.79 Å². The van der Waals surface area contributed by atoms with Gasteiger partial charge in [0.15, 0.2) is 12.6 Å². The van der Waals surface area contributed by atoms with Crippen molar-refractivity contribution in [2.75, 3.05) is 6.79 Å². The minimum atomic E-state index is -0.597. The molecular weight excluding hydrogens is 512 g/mol. The molecule has 0 saturated heterocycles. The van der Waals surface area contributed by atoms with Crippen LogP contribution in [0.4, 0.5) is 0 Å². The summed E-state index contributed by atoms with van der Waals surface area (Å²) in [4.78, 5) is 25.6. The fourth-order valence-electron chi connectivity index (χ4n) is 3.78. The Morgan fingerprint density at radius 1 is 1.18 bits per heavy atom. The molecule has 3 aromatic carbocycles. The van der Waals surface area contributed by atoms with Crippen molar-refractivity contribution in [2.24, 2.45) is 0 Å². The molecule has 0 aliphatic carbocycles. The van der Waals surface area contributed by atoms with Crippen LogP contribution in [0.15, 0.2) is 58.8 Å². The number of aryl methyl sites for hydroxylation is 1. The zero-order chi connectivity index (χ0) is 23.1. The average Bonchev–Trinajstić information content (AvgIpc) is 3.09. The normalized spacial score (nSPS) is 15.5. The van der Waals surface area contributed by atoms with Crippen molar-refractivity contribution < 1.29 is 28.5 Å². The van der Waals surface area contributed by atoms with Crippen molar-refractivity contribution in [3.8, 4) is 17.2 Å². The fraction of sp³-hybridized carbons (Fsp3) is 0.120. The summed E-state index contributed by atoms with van der Waals surface area (Å²) in [6.07, 6.45) is 1.64. The molecule has 2 aliphatic rings. The zero-order valence-electron chi connectivity index (χ0n) is 17.3. The standard InChI is InChI=1S/C25H16BrClO6/c1-13-6-17(32-25(29)18-4-2-3-5-19(18)27)10-20-22(13)23(28)21(33-20)9-14-7-16(26)8-15-11-30-12-31-24(14)15/h2-10H,11-12H2,1H3/b21-9-. The molecule has 2 aliphatic heterocycles. The predicted octanol–water partition coefficient (Wildman–Crippen LogP) is 6.11. The van der Waals surface area contributed by atoms with Gasteiger partial charge in [0.25, 0.3) is 0 Å². The quantitative estimate of drug-likeness (QED) is 0.232. The number of ketones is 1. The largest absolute Gasteiger partial charge is 0.467 e. The second kappa shape index (κ2) is 8.67. The maximum absolute atomic E-state index is 13.1. The number of rotatable bonds is 3. The fourth-order valence-corrected chi connectivity index (χ4v) is 4.52. The summed E-state index contributed by atoms with van der Waals surface area (Å²) in [5, 5.41) is 0.294. The highest BCUT2D eigenvalue weighted by molar-refractivity contribution is 9.10. The summed E-state index contributed by atoms with van der Waals surface area (Å²) in [6.45, 7) is 2.32. The number of hydrogen-bond acceptors (Lipinski definition) is 6. The van der Waals surface area contributed by atoms with E-state index in [1.807, 2.05) is 12.1 Å². The summed E-state index contributed by atoms with van der Waals surface area (Å²) in [7, 11) is 0. The molecule has 0 unspecified atom stereocenters. The van der Waals surface area contributed by atoms with Crippen LogP contribution >= 0.6 is 27.5 Å². The summed E-state index contributed by atoms with van der Waals surface area (Å²) in [5.74, 6) is 0.521. The first-order valence-electron chi connectivity index (χ1n) is 9.99. The first-order chi connectivity index (χ1) is 15.9. The van der Waals surface area contributed by atoms with Crippen molar-refractivity contribution in [1.82, 2.24) is 0 Å². The predicted molar refractivity (Wildman–Crippen MR) is 125 cm³/mol. The van der Waals surface area contributed by atoms with E-state index >= 15 is 0 Å². The van der Waals surface area contributed by atoms with Gasteiger partial charge in [0.1, 0.15) is 17.2 Å². The van der Waals surface area contributed by atoms with E-state index in [2.05, 4.69) is 15.9 Å². The molecule has 0 amide bonds. The van der Waals surface area contributed by atoms with E-state index in [1.165, 1.54) is 6.07 Å². The van der Waals surface area contributed by atoms with Crippen LogP contribution in [-0.2, 0) is 11.3 Å². The van der Waals surface area contributed by atoms with Crippen LogP contribution in [0.5, 0.6) is 17.2 Å². The number of allylic oxidation sites excluding steroid dienone is 1. The Morgan fingerprint density at radius 2 is 2.00 bits per heavy atom. The molecule has 0 bridgehead atoms. The molecule has 2 heterocycles. The maximum Gasteiger partial charge on any atom is 0.345 e. The summed E-state index contributed by atoms with van der Waals surface area (Å²) in [5.41, 5.74) is 2.87. The second-order valence-corrected chi connectivity index (χ2v) is 8.84. The topological polar surface area (TPSA) is 71.1 Å². The van der Waals surface area contributed by atoms with Gasteiger partial charge >= 0.3 is 5.97 Å². The number of halogens is 2. The Kier molecular flexibility index (Phi) is 5.70. The second-order valence-electron chi connectivity index (χ2n) is 7.52. The molecule has 0 aromatic heterocycles. The molecule has 3 aromatic rings. The number of carbonyl (C=O) groups is 2. The lowest BCUT2D eigenvalue weighted by atomic mass is 10.0. The highest BCUT2D eigenvalue weighted by Gasteiger charge is 2.31. The lowest BCUT2D eigenvalue weighted by Gasteiger charge is -2.20. The van der Waals surface area contributed by atoms with Crippen LogP contribution in [0.1, 0.15) is 37.4 Å². The lowest BCUT2D eigenvalue weighted by molar-refractivity contribution is -0.0165. The first-order valence-corrected chi connectivity index (χ1v) is 11.2. The van der Waals surface area contributed by atoms with Crippen molar-refractivity contribution in [2.45, 2.75) is 13.5 Å². The van der Waals surface area contributed by atoms with Crippen molar-refractivity contribution in [3.63, 3.8) is 0 Å². The third-order valence-electron chi connectivity index (χ3n) is 5.24. The molecule has 166 valence electrons. The Hall–Kier alpha value is -3.13. The van der Waals surface area contributed by atoms with Gasteiger partial charge < -0.3 is 18.9 Å². The summed E-state index contributed by atoms with van der Waals surface area (Å²) in [6, 6.07) is 13.5. The molecule has 6 nitrogen and oxygen atoms in total. The van der Waals surface area contributed by atoms with Gasteiger partial charge in [0, 0.05) is 21.7 Å². The molecule has 0 fully saturated rings. The molecule has 0 atom stereocenters. The van der Waals surface area contributed by atoms with E-state index in [9.17, 15) is 9.59 Å². The Morgan fingerprint density at radius 3 is 2.82 bits per heavy atom. The van der Waals surface area contributed by atoms with Gasteiger partial charge in [-0.05, 0) is 48.9 Å². The first kappa shape index (κ1) is 21.7. The molecule has 5 rings (SSSR count). The molecule has 0 saturated carbocycles. The van der Waals surface area contributed by atoms with Gasteiger partial charge in [0.05, 0.1) is 22.8 Å². The Labute approximate surface area is 202 Å². The number of fused-ring (bicyclic) bond motifs is 2. The third kappa shape index (κ3) is 4.15. The van der Waals surface area contributed by atoms with Crippen LogP contribution in [0, 0.1) is 6.92 Å². The van der Waals surface area contributed by atoms with Gasteiger partial charge in [-0.2, -0.15) is 0 Å². The molecule has 0 spiro atoms. The SMILES string of the molecule is Cc1cc(OC(=O)c2ccccc2Cl)cc2c1C(=O)/C(=C/c1cc(Br)cc3c1OCOC3)O2. The molecule has 33 heavy (non-hydrogen) atoms. The van der Waals surface area contributed by atoms with Gasteiger partial charge in [-0.15, -0.1) is 0 Å². The Balaban J connectivity index is 1.46. The monoisotopic (exact) mass is 526 g/mol. The number of benzene rings is 3. The minimum Gasteiger partial charge on any atom is -0.467 e. The van der Waals surface area contributed by atoms with Crippen LogP contribution < -0.4 is 14.2 Å². The number of Topliss-reactive ketones (excluding diaryl/α,β-unsaturated/α-hetero) is 1. The van der Waals surface area contributed by atoms with Crippen molar-refractivity contribution in [1.29, 1.82) is 0 Å². The molecular formula is C25H16BrClO6. The van der Waals surface area contributed by atoms with E-state index in [1.54, 1.807) is 43.3 Å². The van der Waals surface area contributed by atoms with E-state index < -0.39 is 5.97 Å². The zero-order valence-corrected chi connectivity index (χ0v) is 19.7. The van der Waals surface area contributed by atoms with E-state index in [-0.39, 0.29) is 29.6 Å². The van der Waals surface area contributed by atoms with Crippen LogP contribution in [-0.4, -0.2) is 18.5 Å². The molecule has 0 radical (unpaired) electrons. The number of carbonyl (C=O) groups excluding carboxylic acids is 2. The average molecular weight is 528 g/mol. The van der Waals surface area contributed by atoms with E-state index in [4.69, 9.17) is 30.5 Å². The minimum absolute atomic E-state index is 0.138. The number of esters is 1. The molecule has 8 heteroatoms. The summed E-state index contributed by atoms with van der Waals surface area (Å²) >= 11 is 9.57. The van der Waals surface area contributed by atoms with Crippen molar-refractivity contribution >= 4 is 45.4 Å². The summed E-state index contributed by atoms with van der Waals surface area (Å²) < 4.78 is 23.2. The Bertz CT molecular complexity index is 1350. The van der Waals surface area contributed by atoms with Crippen LogP contribution in [0.2, 0.25) is 5.02 Å². The van der Waals surface area contributed by atoms with Gasteiger partial charge in [0.2, 0.25) is 5.78 Å². The third-order valence-corrected chi connectivity index (χ3v) is 6.03. The lowest BCUT2D eigenvalue weighted by Crippen LogP contribution is -2.12. The number of ether oxygens (including phenoxy) is 4. The smallest absolute Gasteiger partial charge is 0.345 e. The highest BCUT2D eigenvalue weighted by Crippen LogP contribution is 2.40. The van der Waals surface area contributed by atoms with Crippen molar-refractivity contribution in [3.05, 3.63) is 91.6 Å². The maximum atomic E-state index is 13.1. The van der Waals surface area contributed by atoms with Gasteiger partial charge in [-0.1, -0.05) is 39.7 Å². The van der Waals surface area contributed by atoms with Crippen LogP contribution in [0.25, 0.3) is 6.08 Å². The van der Waals surface area contributed by atoms with E-state index in [0.29, 0.717) is 39.8 Å². The molecule has 0 N–H and O–H groups in total. The van der Waals surface area contributed by atoms with Crippen LogP contribution in [0.3, 0.4) is 0 Å². The highest BCUT2D eigenvalue weighted by atomic mass is 79.9. The van der Waals surface area contributed by atoms with Gasteiger partial charge in [-0.25, -0.2) is 4.79 Å².